The maximum absolute atomic E-state index is 12.7. The quantitative estimate of drug-likeness (QED) is 0.480. The highest BCUT2D eigenvalue weighted by Gasteiger charge is 2.22. The third-order valence-electron chi connectivity index (χ3n) is 4.72. The molecule has 1 heterocycles. The standard InChI is InChI=1S/C22H24ClN3O2S/c1-29-13-11-20(26-21(27)17-7-2-4-8-18(17)23)22(28)24-12-10-15-14-25-19-9-5-3-6-16(15)19/h2-9,14,20,25H,10-13H2,1H3,(H,24,28)(H,26,27). The summed E-state index contributed by atoms with van der Waals surface area (Å²) in [6, 6.07) is 14.3. The summed E-state index contributed by atoms with van der Waals surface area (Å²) in [5, 5.41) is 7.31. The average Bonchev–Trinajstić information content (AvgIpc) is 3.14. The largest absolute Gasteiger partial charge is 0.361 e. The summed E-state index contributed by atoms with van der Waals surface area (Å²) in [6.07, 6.45) is 5.21. The van der Waals surface area contributed by atoms with Gasteiger partial charge >= 0.3 is 0 Å². The van der Waals surface area contributed by atoms with Crippen LogP contribution in [0.25, 0.3) is 10.9 Å². The molecule has 7 heteroatoms. The summed E-state index contributed by atoms with van der Waals surface area (Å²) in [7, 11) is 0. The second-order valence-corrected chi connectivity index (χ2v) is 8.08. The number of fused-ring (bicyclic) bond motifs is 1. The Labute approximate surface area is 179 Å². The van der Waals surface area contributed by atoms with Crippen molar-refractivity contribution in [1.29, 1.82) is 0 Å². The fraction of sp³-hybridized carbons (Fsp3) is 0.273. The fourth-order valence-corrected chi connectivity index (χ4v) is 3.86. The Kier molecular flexibility index (Phi) is 7.61. The number of hydrogen-bond acceptors (Lipinski definition) is 3. The third-order valence-corrected chi connectivity index (χ3v) is 5.69. The number of carbonyl (C=O) groups excluding carboxylic acids is 2. The smallest absolute Gasteiger partial charge is 0.253 e. The van der Waals surface area contributed by atoms with Crippen molar-refractivity contribution in [2.45, 2.75) is 18.9 Å². The lowest BCUT2D eigenvalue weighted by Crippen LogP contribution is -2.47. The lowest BCUT2D eigenvalue weighted by molar-refractivity contribution is -0.122. The molecule has 0 saturated carbocycles. The van der Waals surface area contributed by atoms with Gasteiger partial charge in [-0.3, -0.25) is 9.59 Å². The highest BCUT2D eigenvalue weighted by molar-refractivity contribution is 7.98. The lowest BCUT2D eigenvalue weighted by atomic mass is 10.1. The predicted molar refractivity (Wildman–Crippen MR) is 121 cm³/mol. The molecule has 2 aromatic carbocycles. The summed E-state index contributed by atoms with van der Waals surface area (Å²) < 4.78 is 0. The Hall–Kier alpha value is -2.44. The summed E-state index contributed by atoms with van der Waals surface area (Å²) in [4.78, 5) is 28.5. The van der Waals surface area contributed by atoms with E-state index >= 15 is 0 Å². The molecule has 1 aromatic heterocycles. The summed E-state index contributed by atoms with van der Waals surface area (Å²) in [5.74, 6) is 0.247. The molecule has 29 heavy (non-hydrogen) atoms. The van der Waals surface area contributed by atoms with Crippen LogP contribution >= 0.6 is 23.4 Å². The number of thioether (sulfide) groups is 1. The molecule has 0 aliphatic rings. The number of H-pyrrole nitrogens is 1. The molecule has 0 radical (unpaired) electrons. The SMILES string of the molecule is CSCCC(NC(=O)c1ccccc1Cl)C(=O)NCCc1c[nH]c2ccccc12. The molecule has 0 aliphatic heterocycles. The van der Waals surface area contributed by atoms with Crippen molar-refractivity contribution < 1.29 is 9.59 Å². The summed E-state index contributed by atoms with van der Waals surface area (Å²) in [5.41, 5.74) is 2.61. The number of hydrogen-bond donors (Lipinski definition) is 3. The zero-order valence-electron chi connectivity index (χ0n) is 16.2. The van der Waals surface area contributed by atoms with Gasteiger partial charge in [-0.05, 0) is 48.6 Å². The Balaban J connectivity index is 1.59. The molecule has 0 saturated heterocycles. The Morgan fingerprint density at radius 3 is 2.69 bits per heavy atom. The molecule has 1 unspecified atom stereocenters. The monoisotopic (exact) mass is 429 g/mol. The number of aromatic amines is 1. The van der Waals surface area contributed by atoms with Gasteiger partial charge < -0.3 is 15.6 Å². The van der Waals surface area contributed by atoms with E-state index in [1.807, 2.05) is 30.7 Å². The van der Waals surface area contributed by atoms with Crippen LogP contribution in [-0.4, -0.2) is 41.4 Å². The van der Waals surface area contributed by atoms with Crippen molar-refractivity contribution in [2.24, 2.45) is 0 Å². The fourth-order valence-electron chi connectivity index (χ4n) is 3.17. The van der Waals surface area contributed by atoms with E-state index in [0.29, 0.717) is 30.0 Å². The van der Waals surface area contributed by atoms with E-state index in [4.69, 9.17) is 11.6 Å². The van der Waals surface area contributed by atoms with Gasteiger partial charge in [0.15, 0.2) is 0 Å². The van der Waals surface area contributed by atoms with Crippen LogP contribution in [0.5, 0.6) is 0 Å². The molecule has 3 aromatic rings. The van der Waals surface area contributed by atoms with Crippen molar-refractivity contribution in [1.82, 2.24) is 15.6 Å². The number of halogens is 1. The molecule has 5 nitrogen and oxygen atoms in total. The normalized spacial score (nSPS) is 11.9. The van der Waals surface area contributed by atoms with Crippen LogP contribution in [-0.2, 0) is 11.2 Å². The van der Waals surface area contributed by atoms with Gasteiger partial charge in [-0.1, -0.05) is 41.9 Å². The van der Waals surface area contributed by atoms with E-state index in [9.17, 15) is 9.59 Å². The minimum absolute atomic E-state index is 0.181. The van der Waals surface area contributed by atoms with E-state index < -0.39 is 6.04 Å². The Morgan fingerprint density at radius 2 is 1.90 bits per heavy atom. The summed E-state index contributed by atoms with van der Waals surface area (Å²) >= 11 is 7.74. The zero-order chi connectivity index (χ0) is 20.6. The second-order valence-electron chi connectivity index (χ2n) is 6.69. The van der Waals surface area contributed by atoms with Crippen molar-refractivity contribution in [3.8, 4) is 0 Å². The van der Waals surface area contributed by atoms with Crippen LogP contribution in [0.1, 0.15) is 22.3 Å². The first kappa shape index (κ1) is 21.3. The molecule has 0 fully saturated rings. The van der Waals surface area contributed by atoms with Crippen LogP contribution in [0.4, 0.5) is 0 Å². The molecule has 0 spiro atoms. The van der Waals surface area contributed by atoms with Gasteiger partial charge in [0.25, 0.3) is 5.91 Å². The van der Waals surface area contributed by atoms with Crippen LogP contribution < -0.4 is 10.6 Å². The molecule has 0 bridgehead atoms. The van der Waals surface area contributed by atoms with Crippen molar-refractivity contribution in [2.75, 3.05) is 18.6 Å². The first-order chi connectivity index (χ1) is 14.1. The van der Waals surface area contributed by atoms with Gasteiger partial charge in [0.2, 0.25) is 5.91 Å². The van der Waals surface area contributed by atoms with Crippen molar-refractivity contribution >= 4 is 46.1 Å². The Bertz CT molecular complexity index is 989. The number of para-hydroxylation sites is 1. The number of amides is 2. The second kappa shape index (κ2) is 10.4. The maximum Gasteiger partial charge on any atom is 0.253 e. The topological polar surface area (TPSA) is 74.0 Å². The van der Waals surface area contributed by atoms with Gasteiger partial charge in [-0.2, -0.15) is 11.8 Å². The number of carbonyl (C=O) groups is 2. The highest BCUT2D eigenvalue weighted by atomic mass is 35.5. The van der Waals surface area contributed by atoms with E-state index in [0.717, 1.165) is 22.2 Å². The molecule has 3 N–H and O–H groups in total. The zero-order valence-corrected chi connectivity index (χ0v) is 17.8. The van der Waals surface area contributed by atoms with Crippen LogP contribution in [0, 0.1) is 0 Å². The van der Waals surface area contributed by atoms with Gasteiger partial charge in [-0.15, -0.1) is 0 Å². The van der Waals surface area contributed by atoms with Crippen molar-refractivity contribution in [3.63, 3.8) is 0 Å². The molecular formula is C22H24ClN3O2S. The lowest BCUT2D eigenvalue weighted by Gasteiger charge is -2.18. The van der Waals surface area contributed by atoms with Crippen molar-refractivity contribution in [3.05, 3.63) is 70.9 Å². The van der Waals surface area contributed by atoms with Gasteiger partial charge in [0.1, 0.15) is 6.04 Å². The van der Waals surface area contributed by atoms with Crippen LogP contribution in [0.3, 0.4) is 0 Å². The molecule has 0 aliphatic carbocycles. The first-order valence-electron chi connectivity index (χ1n) is 9.47. The predicted octanol–water partition coefficient (Wildman–Crippen LogP) is 4.03. The van der Waals surface area contributed by atoms with Gasteiger partial charge in [-0.25, -0.2) is 0 Å². The molecular weight excluding hydrogens is 406 g/mol. The molecule has 152 valence electrons. The van der Waals surface area contributed by atoms with E-state index in [1.54, 1.807) is 36.0 Å². The van der Waals surface area contributed by atoms with Crippen LogP contribution in [0.2, 0.25) is 5.02 Å². The third kappa shape index (κ3) is 5.55. The number of aromatic nitrogens is 1. The first-order valence-corrected chi connectivity index (χ1v) is 11.2. The Morgan fingerprint density at radius 1 is 1.14 bits per heavy atom. The summed E-state index contributed by atoms with van der Waals surface area (Å²) in [6.45, 7) is 0.498. The van der Waals surface area contributed by atoms with Crippen LogP contribution in [0.15, 0.2) is 54.7 Å². The molecule has 3 rings (SSSR count). The minimum atomic E-state index is -0.603. The van der Waals surface area contributed by atoms with E-state index in [-0.39, 0.29) is 11.8 Å². The number of rotatable bonds is 9. The minimum Gasteiger partial charge on any atom is -0.361 e. The highest BCUT2D eigenvalue weighted by Crippen LogP contribution is 2.18. The molecule has 1 atom stereocenters. The maximum atomic E-state index is 12.7. The number of benzene rings is 2. The molecule has 2 amide bonds. The number of nitrogens with one attached hydrogen (secondary N) is 3. The average molecular weight is 430 g/mol. The van der Waals surface area contributed by atoms with Gasteiger partial charge in [0.05, 0.1) is 10.6 Å². The van der Waals surface area contributed by atoms with Gasteiger partial charge in [0, 0.05) is 23.6 Å². The van der Waals surface area contributed by atoms with E-state index in [1.165, 1.54) is 0 Å². The van der Waals surface area contributed by atoms with E-state index in [2.05, 4.69) is 21.7 Å².